The van der Waals surface area contributed by atoms with Gasteiger partial charge in [0.05, 0.1) is 6.61 Å². The number of carbonyl (C=O) groups is 3. The lowest BCUT2D eigenvalue weighted by atomic mass is 10.00. The number of amides is 3. The highest BCUT2D eigenvalue weighted by Gasteiger charge is 2.33. The van der Waals surface area contributed by atoms with Gasteiger partial charge >= 0.3 is 6.09 Å². The van der Waals surface area contributed by atoms with Crippen molar-refractivity contribution in [2.45, 2.75) is 58.7 Å². The first-order valence-corrected chi connectivity index (χ1v) is 10.0. The average molecular weight is 432 g/mol. The molecule has 1 atom stereocenters. The molecule has 1 unspecified atom stereocenters. The van der Waals surface area contributed by atoms with E-state index in [1.807, 2.05) is 20.8 Å². The van der Waals surface area contributed by atoms with E-state index in [0.29, 0.717) is 11.1 Å². The van der Waals surface area contributed by atoms with Crippen molar-refractivity contribution in [1.29, 1.82) is 0 Å². The molecule has 0 heterocycles. The van der Waals surface area contributed by atoms with Gasteiger partial charge in [0.25, 0.3) is 0 Å². The number of nitrogens with one attached hydrogen (secondary N) is 2. The highest BCUT2D eigenvalue weighted by atomic mass is 16.6. The third-order valence-electron chi connectivity index (χ3n) is 3.90. The first-order chi connectivity index (χ1) is 14.3. The maximum absolute atomic E-state index is 13.1. The number of hydrogen-bond donors (Lipinski definition) is 3. The highest BCUT2D eigenvalue weighted by molar-refractivity contribution is 5.90. The largest absolute Gasteiger partial charge is 0.444 e. The van der Waals surface area contributed by atoms with E-state index in [2.05, 4.69) is 16.6 Å². The monoisotopic (exact) mass is 431 g/mol. The van der Waals surface area contributed by atoms with Gasteiger partial charge in [0, 0.05) is 17.6 Å². The van der Waals surface area contributed by atoms with Gasteiger partial charge < -0.3 is 25.4 Å². The number of aliphatic hydroxyl groups excluding tert-OH is 1. The van der Waals surface area contributed by atoms with Gasteiger partial charge in [-0.05, 0) is 59.2 Å². The predicted molar refractivity (Wildman–Crippen MR) is 118 cm³/mol. The number of benzene rings is 1. The molecule has 0 radical (unpaired) electrons. The normalized spacial score (nSPS) is 12.3. The molecule has 170 valence electrons. The highest BCUT2D eigenvalue weighted by Crippen LogP contribution is 2.23. The van der Waals surface area contributed by atoms with Crippen molar-refractivity contribution in [3.8, 4) is 12.3 Å². The van der Waals surface area contributed by atoms with Crippen LogP contribution in [0.1, 0.15) is 58.7 Å². The van der Waals surface area contributed by atoms with Crippen molar-refractivity contribution in [1.82, 2.24) is 15.5 Å². The standard InChI is InChI=1S/C23H33N3O5/c1-8-16-9-11-17(12-10-16)19(20(29)25-22(2,3)4)26(13-14-27)18(28)15-24-21(30)31-23(5,6)7/h1,9-12,19,27H,13-15H2,2-7H3,(H,24,30)(H,25,29). The van der Waals surface area contributed by atoms with Gasteiger partial charge in [-0.15, -0.1) is 6.42 Å². The SMILES string of the molecule is C#Cc1ccc(C(C(=O)NC(C)(C)C)N(CCO)C(=O)CNC(=O)OC(C)(C)C)cc1. The van der Waals surface area contributed by atoms with E-state index in [-0.39, 0.29) is 13.2 Å². The second-order valence-electron chi connectivity index (χ2n) is 9.07. The lowest BCUT2D eigenvalue weighted by Gasteiger charge is -2.33. The zero-order valence-electron chi connectivity index (χ0n) is 19.1. The molecule has 0 spiro atoms. The summed E-state index contributed by atoms with van der Waals surface area (Å²) in [7, 11) is 0. The van der Waals surface area contributed by atoms with Crippen LogP contribution in [-0.2, 0) is 14.3 Å². The van der Waals surface area contributed by atoms with E-state index in [1.165, 1.54) is 4.90 Å². The topological polar surface area (TPSA) is 108 Å². The molecule has 0 bridgehead atoms. The Morgan fingerprint density at radius 1 is 1.13 bits per heavy atom. The van der Waals surface area contributed by atoms with Crippen LogP contribution in [0.15, 0.2) is 24.3 Å². The Morgan fingerprint density at radius 3 is 2.16 bits per heavy atom. The van der Waals surface area contributed by atoms with Crippen LogP contribution in [-0.4, -0.2) is 58.8 Å². The summed E-state index contributed by atoms with van der Waals surface area (Å²) < 4.78 is 5.14. The number of nitrogens with zero attached hydrogens (tertiary/aromatic N) is 1. The Morgan fingerprint density at radius 2 is 1.71 bits per heavy atom. The second-order valence-corrected chi connectivity index (χ2v) is 9.07. The molecule has 31 heavy (non-hydrogen) atoms. The van der Waals surface area contributed by atoms with Crippen molar-refractivity contribution in [3.63, 3.8) is 0 Å². The minimum atomic E-state index is -1.02. The number of aliphatic hydroxyl groups is 1. The summed E-state index contributed by atoms with van der Waals surface area (Å²) in [4.78, 5) is 39.2. The fourth-order valence-corrected chi connectivity index (χ4v) is 2.74. The van der Waals surface area contributed by atoms with Crippen molar-refractivity contribution in [2.75, 3.05) is 19.7 Å². The van der Waals surface area contributed by atoms with Crippen LogP contribution in [0.25, 0.3) is 0 Å². The van der Waals surface area contributed by atoms with E-state index >= 15 is 0 Å². The number of rotatable bonds is 7. The van der Waals surface area contributed by atoms with Gasteiger partial charge in [-0.2, -0.15) is 0 Å². The number of terminal acetylenes is 1. The molecule has 3 amide bonds. The van der Waals surface area contributed by atoms with E-state index in [0.717, 1.165) is 0 Å². The summed E-state index contributed by atoms with van der Waals surface area (Å²) in [6, 6.07) is 5.66. The Balaban J connectivity index is 3.18. The zero-order valence-corrected chi connectivity index (χ0v) is 19.1. The smallest absolute Gasteiger partial charge is 0.408 e. The summed E-state index contributed by atoms with van der Waals surface area (Å²) in [5, 5.41) is 14.8. The van der Waals surface area contributed by atoms with Crippen LogP contribution in [0, 0.1) is 12.3 Å². The van der Waals surface area contributed by atoms with E-state index in [1.54, 1.807) is 45.0 Å². The van der Waals surface area contributed by atoms with E-state index in [4.69, 9.17) is 11.2 Å². The molecule has 1 rings (SSSR count). The summed E-state index contributed by atoms with van der Waals surface area (Å²) in [6.45, 7) is 9.74. The average Bonchev–Trinajstić information content (AvgIpc) is 2.63. The third kappa shape index (κ3) is 9.09. The van der Waals surface area contributed by atoms with Gasteiger partial charge in [0.2, 0.25) is 11.8 Å². The first kappa shape index (κ1) is 26.0. The second kappa shape index (κ2) is 10.8. The Bertz CT molecular complexity index is 814. The van der Waals surface area contributed by atoms with Gasteiger partial charge in [-0.3, -0.25) is 9.59 Å². The van der Waals surface area contributed by atoms with Gasteiger partial charge in [0.15, 0.2) is 0 Å². The molecule has 0 aliphatic carbocycles. The third-order valence-corrected chi connectivity index (χ3v) is 3.90. The Kier molecular flexibility index (Phi) is 9.07. The molecular formula is C23H33N3O5. The van der Waals surface area contributed by atoms with Crippen LogP contribution in [0.4, 0.5) is 4.79 Å². The van der Waals surface area contributed by atoms with E-state index in [9.17, 15) is 19.5 Å². The number of hydrogen-bond acceptors (Lipinski definition) is 5. The predicted octanol–water partition coefficient (Wildman–Crippen LogP) is 1.97. The van der Waals surface area contributed by atoms with Crippen LogP contribution < -0.4 is 10.6 Å². The summed E-state index contributed by atoms with van der Waals surface area (Å²) >= 11 is 0. The van der Waals surface area contributed by atoms with Crippen LogP contribution in [0.5, 0.6) is 0 Å². The van der Waals surface area contributed by atoms with Crippen molar-refractivity contribution in [3.05, 3.63) is 35.4 Å². The molecule has 8 nitrogen and oxygen atoms in total. The van der Waals surface area contributed by atoms with Crippen LogP contribution >= 0.6 is 0 Å². The Labute approximate surface area is 184 Å². The van der Waals surface area contributed by atoms with Crippen molar-refractivity contribution in [2.24, 2.45) is 0 Å². The Hall–Kier alpha value is -3.05. The van der Waals surface area contributed by atoms with E-state index < -0.39 is 41.6 Å². The molecule has 8 heteroatoms. The quantitative estimate of drug-likeness (QED) is 0.572. The molecular weight excluding hydrogens is 398 g/mol. The minimum Gasteiger partial charge on any atom is -0.444 e. The number of ether oxygens (including phenoxy) is 1. The summed E-state index contributed by atoms with van der Waals surface area (Å²) in [5.74, 6) is 1.54. The molecule has 3 N–H and O–H groups in total. The fourth-order valence-electron chi connectivity index (χ4n) is 2.74. The molecule has 0 saturated heterocycles. The zero-order chi connectivity index (χ0) is 23.8. The first-order valence-electron chi connectivity index (χ1n) is 10.0. The molecule has 0 aliphatic rings. The summed E-state index contributed by atoms with van der Waals surface area (Å²) in [5.41, 5.74) is -0.104. The fraction of sp³-hybridized carbons (Fsp3) is 0.522. The van der Waals surface area contributed by atoms with Gasteiger partial charge in [-0.25, -0.2) is 4.79 Å². The lowest BCUT2D eigenvalue weighted by molar-refractivity contribution is -0.141. The molecule has 0 aliphatic heterocycles. The van der Waals surface area contributed by atoms with Crippen molar-refractivity contribution < 1.29 is 24.2 Å². The van der Waals surface area contributed by atoms with Gasteiger partial charge in [0.1, 0.15) is 18.2 Å². The molecule has 0 saturated carbocycles. The number of alkyl carbamates (subject to hydrolysis) is 1. The van der Waals surface area contributed by atoms with Crippen LogP contribution in [0.3, 0.4) is 0 Å². The molecule has 0 aromatic heterocycles. The lowest BCUT2D eigenvalue weighted by Crippen LogP contribution is -2.51. The van der Waals surface area contributed by atoms with Gasteiger partial charge in [-0.1, -0.05) is 18.1 Å². The number of carbonyl (C=O) groups excluding carboxylic acids is 3. The minimum absolute atomic E-state index is 0.103. The maximum Gasteiger partial charge on any atom is 0.408 e. The molecule has 1 aromatic rings. The molecule has 1 aromatic carbocycles. The summed E-state index contributed by atoms with van der Waals surface area (Å²) in [6.07, 6.45) is 4.66. The van der Waals surface area contributed by atoms with Crippen molar-refractivity contribution >= 4 is 17.9 Å². The molecule has 0 fully saturated rings. The van der Waals surface area contributed by atoms with Crippen LogP contribution in [0.2, 0.25) is 0 Å². The maximum atomic E-state index is 13.1.